The summed E-state index contributed by atoms with van der Waals surface area (Å²) >= 11 is 0. The average molecular weight is 396 g/mol. The molecule has 2 bridgehead atoms. The lowest BCUT2D eigenvalue weighted by atomic mass is 9.47. The Hall–Kier alpha value is -2.17. The van der Waals surface area contributed by atoms with Gasteiger partial charge in [-0.15, -0.1) is 0 Å². The van der Waals surface area contributed by atoms with Crippen molar-refractivity contribution in [3.05, 3.63) is 29.3 Å². The zero-order chi connectivity index (χ0) is 20.6. The number of carbonyl (C=O) groups excluding carboxylic acids is 3. The molecule has 0 aliphatic heterocycles. The van der Waals surface area contributed by atoms with Gasteiger partial charge in [-0.1, -0.05) is 13.0 Å². The number of ether oxygens (including phenoxy) is 2. The third-order valence-electron chi connectivity index (χ3n) is 8.82. The number of rotatable bonds is 2. The molecule has 0 radical (unpaired) electrons. The minimum atomic E-state index is -0.473. The van der Waals surface area contributed by atoms with Gasteiger partial charge in [-0.3, -0.25) is 14.4 Å². The number of benzene rings is 1. The average Bonchev–Trinajstić information content (AvgIpc) is 3.02. The molecular weight excluding hydrogens is 368 g/mol. The highest BCUT2D eigenvalue weighted by Crippen LogP contribution is 2.77. The van der Waals surface area contributed by atoms with Gasteiger partial charge in [0.25, 0.3) is 0 Å². The van der Waals surface area contributed by atoms with Crippen LogP contribution in [0.1, 0.15) is 76.3 Å². The highest BCUT2D eigenvalue weighted by molar-refractivity contribution is 5.89. The van der Waals surface area contributed by atoms with Gasteiger partial charge in [0.2, 0.25) is 0 Å². The monoisotopic (exact) mass is 396 g/mol. The SMILES string of the molecule is CC(=O)Oc1ccc2c(c1)CC[C@@H]1[C@@H]2C(=O)C[C@]2(C)C3(OC(C)=O)CCC12CC3. The van der Waals surface area contributed by atoms with Gasteiger partial charge in [-0.2, -0.15) is 0 Å². The lowest BCUT2D eigenvalue weighted by Crippen LogP contribution is -2.56. The van der Waals surface area contributed by atoms with Gasteiger partial charge in [-0.05, 0) is 73.1 Å². The fourth-order valence-electron chi connectivity index (χ4n) is 7.74. The van der Waals surface area contributed by atoms with Gasteiger partial charge < -0.3 is 9.47 Å². The van der Waals surface area contributed by atoms with Crippen LogP contribution in [0.5, 0.6) is 5.75 Å². The Kier molecular flexibility index (Phi) is 3.85. The Morgan fingerprint density at radius 2 is 1.79 bits per heavy atom. The molecule has 5 nitrogen and oxygen atoms in total. The second-order valence-corrected chi connectivity index (χ2v) is 9.80. The zero-order valence-electron chi connectivity index (χ0n) is 17.4. The molecule has 154 valence electrons. The Morgan fingerprint density at radius 3 is 2.45 bits per heavy atom. The minimum absolute atomic E-state index is 0.0628. The molecular formula is C24H28O5. The van der Waals surface area contributed by atoms with Gasteiger partial charge in [0, 0.05) is 31.6 Å². The number of esters is 2. The molecule has 4 aliphatic carbocycles. The summed E-state index contributed by atoms with van der Waals surface area (Å²) in [7, 11) is 0. The van der Waals surface area contributed by atoms with Gasteiger partial charge in [-0.25, -0.2) is 0 Å². The molecule has 0 aromatic heterocycles. The summed E-state index contributed by atoms with van der Waals surface area (Å²) in [6.07, 6.45) is 6.14. The normalized spacial score (nSPS) is 39.3. The van der Waals surface area contributed by atoms with Gasteiger partial charge in [0.1, 0.15) is 17.1 Å². The Balaban J connectivity index is 1.55. The predicted octanol–water partition coefficient (Wildman–Crippen LogP) is 4.11. The van der Waals surface area contributed by atoms with Crippen molar-refractivity contribution in [3.8, 4) is 5.75 Å². The first-order chi connectivity index (χ1) is 13.7. The number of fused-ring (bicyclic) bond motifs is 3. The molecule has 0 unspecified atom stereocenters. The maximum absolute atomic E-state index is 13.5. The van der Waals surface area contributed by atoms with Crippen LogP contribution in [0.25, 0.3) is 0 Å². The molecule has 3 atom stereocenters. The van der Waals surface area contributed by atoms with E-state index in [1.54, 1.807) is 0 Å². The van der Waals surface area contributed by atoms with Crippen molar-refractivity contribution in [2.45, 2.75) is 77.2 Å². The molecule has 5 heteroatoms. The number of carbonyl (C=O) groups is 3. The summed E-state index contributed by atoms with van der Waals surface area (Å²) in [5.74, 6) is 0.461. The Morgan fingerprint density at radius 1 is 1.07 bits per heavy atom. The molecule has 4 aliphatic rings. The highest BCUT2D eigenvalue weighted by Gasteiger charge is 2.76. The van der Waals surface area contributed by atoms with Crippen LogP contribution in [-0.2, 0) is 25.5 Å². The number of hydrogen-bond acceptors (Lipinski definition) is 5. The Labute approximate surface area is 171 Å². The molecule has 1 aromatic rings. The first-order valence-corrected chi connectivity index (χ1v) is 10.7. The van der Waals surface area contributed by atoms with E-state index < -0.39 is 5.60 Å². The van der Waals surface area contributed by atoms with Crippen molar-refractivity contribution in [2.75, 3.05) is 0 Å². The van der Waals surface area contributed by atoms with E-state index in [2.05, 4.69) is 6.92 Å². The predicted molar refractivity (Wildman–Crippen MR) is 105 cm³/mol. The van der Waals surface area contributed by atoms with Crippen molar-refractivity contribution in [1.82, 2.24) is 0 Å². The molecule has 0 spiro atoms. The van der Waals surface area contributed by atoms with Crippen LogP contribution in [0.15, 0.2) is 18.2 Å². The van der Waals surface area contributed by atoms with Crippen LogP contribution >= 0.6 is 0 Å². The second-order valence-electron chi connectivity index (χ2n) is 9.80. The summed E-state index contributed by atoms with van der Waals surface area (Å²) in [6.45, 7) is 5.10. The van der Waals surface area contributed by atoms with Crippen LogP contribution in [0.3, 0.4) is 0 Å². The maximum atomic E-state index is 13.5. The molecule has 0 saturated heterocycles. The minimum Gasteiger partial charge on any atom is -0.459 e. The van der Waals surface area contributed by atoms with Gasteiger partial charge >= 0.3 is 11.9 Å². The van der Waals surface area contributed by atoms with E-state index in [9.17, 15) is 14.4 Å². The largest absolute Gasteiger partial charge is 0.459 e. The number of ketones is 1. The topological polar surface area (TPSA) is 69.7 Å². The lowest BCUT2D eigenvalue weighted by Gasteiger charge is -2.56. The molecule has 5 rings (SSSR count). The first-order valence-electron chi connectivity index (χ1n) is 10.7. The summed E-state index contributed by atoms with van der Waals surface area (Å²) in [5, 5.41) is 0. The molecule has 0 heterocycles. The van der Waals surface area contributed by atoms with Gasteiger partial charge in [0.05, 0.1) is 0 Å². The summed E-state index contributed by atoms with van der Waals surface area (Å²) < 4.78 is 11.2. The molecule has 0 amide bonds. The van der Waals surface area contributed by atoms with Crippen LogP contribution in [0, 0.1) is 16.7 Å². The van der Waals surface area contributed by atoms with E-state index >= 15 is 0 Å². The quantitative estimate of drug-likeness (QED) is 0.556. The molecule has 0 N–H and O–H groups in total. The van der Waals surface area contributed by atoms with E-state index in [4.69, 9.17) is 9.47 Å². The summed E-state index contributed by atoms with van der Waals surface area (Å²) in [6, 6.07) is 5.73. The highest BCUT2D eigenvalue weighted by atomic mass is 16.6. The van der Waals surface area contributed by atoms with E-state index in [-0.39, 0.29) is 34.5 Å². The molecule has 3 fully saturated rings. The maximum Gasteiger partial charge on any atom is 0.308 e. The molecule has 1 aromatic carbocycles. The third kappa shape index (κ3) is 2.30. The van der Waals surface area contributed by atoms with Crippen molar-refractivity contribution in [1.29, 1.82) is 0 Å². The zero-order valence-corrected chi connectivity index (χ0v) is 17.4. The fourth-order valence-corrected chi connectivity index (χ4v) is 7.74. The van der Waals surface area contributed by atoms with Crippen molar-refractivity contribution >= 4 is 17.7 Å². The van der Waals surface area contributed by atoms with Crippen LogP contribution < -0.4 is 4.74 Å². The lowest BCUT2D eigenvalue weighted by molar-refractivity contribution is -0.176. The smallest absolute Gasteiger partial charge is 0.308 e. The molecule has 29 heavy (non-hydrogen) atoms. The Bertz CT molecular complexity index is 923. The number of hydrogen-bond donors (Lipinski definition) is 0. The first kappa shape index (κ1) is 18.8. The third-order valence-corrected chi connectivity index (χ3v) is 8.82. The van der Waals surface area contributed by atoms with E-state index in [0.717, 1.165) is 49.7 Å². The van der Waals surface area contributed by atoms with Crippen molar-refractivity contribution < 1.29 is 23.9 Å². The summed E-state index contributed by atoms with van der Waals surface area (Å²) in [4.78, 5) is 36.7. The summed E-state index contributed by atoms with van der Waals surface area (Å²) in [5.41, 5.74) is 1.56. The molecule has 3 saturated carbocycles. The fraction of sp³-hybridized carbons (Fsp3) is 0.625. The number of Topliss-reactive ketones (excluding diaryl/α,β-unsaturated/α-hetero) is 1. The van der Waals surface area contributed by atoms with Crippen LogP contribution in [0.4, 0.5) is 0 Å². The number of aryl methyl sites for hydroxylation is 1. The van der Waals surface area contributed by atoms with Crippen LogP contribution in [-0.4, -0.2) is 23.3 Å². The van der Waals surface area contributed by atoms with E-state index in [0.29, 0.717) is 18.1 Å². The van der Waals surface area contributed by atoms with Gasteiger partial charge in [0.15, 0.2) is 0 Å². The van der Waals surface area contributed by atoms with Crippen LogP contribution in [0.2, 0.25) is 0 Å². The van der Waals surface area contributed by atoms with Crippen molar-refractivity contribution in [3.63, 3.8) is 0 Å². The van der Waals surface area contributed by atoms with Crippen molar-refractivity contribution in [2.24, 2.45) is 16.7 Å². The second kappa shape index (κ2) is 5.93. The van der Waals surface area contributed by atoms with E-state index in [1.807, 2.05) is 18.2 Å². The van der Waals surface area contributed by atoms with E-state index in [1.165, 1.54) is 13.8 Å². The standard InChI is InChI=1S/C24H28O5/c1-14(25)28-17-5-6-18-16(12-17)4-7-19-21(18)20(27)13-22(3)23(19)8-10-24(22,11-9-23)29-15(2)26/h5-6,12,19,21H,4,7-11,13H2,1-3H3/t19-,21-,22+,23?,24?/m1/s1.